The second-order valence-corrected chi connectivity index (χ2v) is 12.8. The zero-order valence-electron chi connectivity index (χ0n) is 22.7. The number of nitrogens with two attached hydrogens (primary N) is 1. The maximum absolute atomic E-state index is 14.3. The molecule has 0 bridgehead atoms. The molecule has 0 spiro atoms. The summed E-state index contributed by atoms with van der Waals surface area (Å²) in [7, 11) is 5.75. The van der Waals surface area contributed by atoms with E-state index in [2.05, 4.69) is 30.0 Å². The minimum absolute atomic E-state index is 0.00438. The molecule has 1 fully saturated rings. The summed E-state index contributed by atoms with van der Waals surface area (Å²) < 4.78 is 35.8. The molecule has 1 saturated heterocycles. The first-order valence-corrected chi connectivity index (χ1v) is 14.7. The van der Waals surface area contributed by atoms with E-state index in [0.29, 0.717) is 42.4 Å². The van der Waals surface area contributed by atoms with Crippen LogP contribution in [0.25, 0.3) is 10.9 Å². The van der Waals surface area contributed by atoms with E-state index >= 15 is 0 Å². The summed E-state index contributed by atoms with van der Waals surface area (Å²) in [5.41, 5.74) is 8.45. The van der Waals surface area contributed by atoms with E-state index in [1.165, 1.54) is 0 Å². The van der Waals surface area contributed by atoms with Gasteiger partial charge in [0.05, 0.1) is 45.2 Å². The second-order valence-electron chi connectivity index (χ2n) is 10.5. The van der Waals surface area contributed by atoms with Gasteiger partial charge in [-0.1, -0.05) is 11.8 Å². The number of hydrogen-bond donors (Lipinski definition) is 1. The molecule has 2 atom stereocenters. The lowest BCUT2D eigenvalue weighted by molar-refractivity contribution is 0.121. The van der Waals surface area contributed by atoms with E-state index < -0.39 is 16.8 Å². The number of rotatable bonds is 7. The van der Waals surface area contributed by atoms with Gasteiger partial charge < -0.3 is 19.9 Å². The molecule has 3 radical (unpaired) electrons. The molecule has 1 unspecified atom stereocenters. The van der Waals surface area contributed by atoms with E-state index in [4.69, 9.17) is 10.5 Å². The lowest BCUT2D eigenvalue weighted by Crippen LogP contribution is -2.59. The quantitative estimate of drug-likeness (QED) is 0.316. The van der Waals surface area contributed by atoms with Crippen LogP contribution in [0.3, 0.4) is 0 Å². The highest BCUT2D eigenvalue weighted by atomic mass is 32.2. The Hall–Kier alpha value is -3.48. The van der Waals surface area contributed by atoms with Crippen LogP contribution in [0.1, 0.15) is 36.3 Å². The van der Waals surface area contributed by atoms with Crippen LogP contribution < -0.4 is 20.8 Å². The van der Waals surface area contributed by atoms with Gasteiger partial charge in [0.2, 0.25) is 5.88 Å². The normalized spacial score (nSPS) is 20.2. The highest BCUT2D eigenvalue weighted by Gasteiger charge is 2.39. The number of benzene rings is 1. The molecule has 2 aliphatic heterocycles. The monoisotopic (exact) mass is 591 g/mol. The number of nitrogens with zero attached hydrogens (tertiary/aromatic N) is 5. The van der Waals surface area contributed by atoms with E-state index in [-0.39, 0.29) is 16.2 Å². The van der Waals surface area contributed by atoms with Crippen molar-refractivity contribution in [3.63, 3.8) is 0 Å². The molecule has 6 rings (SSSR count). The van der Waals surface area contributed by atoms with Crippen LogP contribution in [0.5, 0.6) is 5.88 Å². The molecular formula is C29H29F2N6O2SSi. The van der Waals surface area contributed by atoms with Crippen molar-refractivity contribution in [2.24, 2.45) is 0 Å². The Morgan fingerprint density at radius 2 is 2.00 bits per heavy atom. The average molecular weight is 592 g/mol. The first-order valence-electron chi connectivity index (χ1n) is 13.3. The highest BCUT2D eigenvalue weighted by molar-refractivity contribution is 8.00. The number of thioether (sulfide) groups is 1. The maximum atomic E-state index is 14.3. The number of hydrogen-bond acceptors (Lipinski definition) is 8. The van der Waals surface area contributed by atoms with Crippen LogP contribution in [0, 0.1) is 11.6 Å². The molecule has 2 aliphatic rings. The van der Waals surface area contributed by atoms with Crippen LogP contribution in [0.4, 0.5) is 20.3 Å². The van der Waals surface area contributed by atoms with Gasteiger partial charge in [0, 0.05) is 60.6 Å². The summed E-state index contributed by atoms with van der Waals surface area (Å²) in [6.45, 7) is 4.24. The number of aromatic nitrogens is 3. The molecule has 3 aromatic heterocycles. The van der Waals surface area contributed by atoms with Gasteiger partial charge in [-0.15, -0.1) is 0 Å². The second kappa shape index (κ2) is 10.7. The number of fused-ring (bicyclic) bond motifs is 3. The predicted octanol–water partition coefficient (Wildman–Crippen LogP) is 4.45. The Balaban J connectivity index is 1.43. The Morgan fingerprint density at radius 1 is 1.20 bits per heavy atom. The fourth-order valence-electron chi connectivity index (χ4n) is 5.75. The highest BCUT2D eigenvalue weighted by Crippen LogP contribution is 2.47. The van der Waals surface area contributed by atoms with Crippen LogP contribution in [-0.2, 0) is 13.1 Å². The van der Waals surface area contributed by atoms with Crippen LogP contribution in [0.15, 0.2) is 58.6 Å². The average Bonchev–Trinajstić information content (AvgIpc) is 2.95. The van der Waals surface area contributed by atoms with Gasteiger partial charge in [0.15, 0.2) is 17.1 Å². The molecule has 12 heteroatoms. The third-order valence-electron chi connectivity index (χ3n) is 7.88. The summed E-state index contributed by atoms with van der Waals surface area (Å²) in [4.78, 5) is 26.9. The van der Waals surface area contributed by atoms with Gasteiger partial charge in [-0.2, -0.15) is 0 Å². The third kappa shape index (κ3) is 5.08. The standard InChI is InChI=1S/C29H29F2N6O2SSi/c1-17-37-24-12-23(31)22(30)11-20(24)27(38)21(28(37)40-17)15-36(14-18-6-8-33-26(10-18)39-2)29(41)7-3-9-35(16-29)19-4-5-25(32)34-13-19/h4-6,8,10-13,17H,3,7,9,14-16H2,1-2H3,(H2,32,34)/t17?,29-/m0/s1. The Kier molecular flexibility index (Phi) is 7.24. The molecule has 8 nitrogen and oxygen atoms in total. The molecule has 5 heterocycles. The van der Waals surface area contributed by atoms with Crippen molar-refractivity contribution in [1.29, 1.82) is 0 Å². The van der Waals surface area contributed by atoms with Crippen LogP contribution in [0.2, 0.25) is 0 Å². The Morgan fingerprint density at radius 3 is 2.73 bits per heavy atom. The molecule has 4 aromatic rings. The van der Waals surface area contributed by atoms with Gasteiger partial charge in [0.1, 0.15) is 5.82 Å². The summed E-state index contributed by atoms with van der Waals surface area (Å²) in [6.07, 6.45) is 5.20. The van der Waals surface area contributed by atoms with Gasteiger partial charge >= 0.3 is 0 Å². The number of ether oxygens (including phenoxy) is 1. The number of anilines is 2. The topological polar surface area (TPSA) is 89.5 Å². The Bertz CT molecular complexity index is 1690. The summed E-state index contributed by atoms with van der Waals surface area (Å²) in [5, 5.41) is 0.434. The molecule has 211 valence electrons. The number of piperidine rings is 1. The fourth-order valence-corrected chi connectivity index (χ4v) is 7.44. The maximum Gasteiger partial charge on any atom is 0.213 e. The molecular weight excluding hydrogens is 563 g/mol. The predicted molar refractivity (Wildman–Crippen MR) is 157 cm³/mol. The van der Waals surface area contributed by atoms with Crippen LogP contribution in [-0.4, -0.2) is 55.0 Å². The van der Waals surface area contributed by atoms with E-state index in [1.54, 1.807) is 37.3 Å². The van der Waals surface area contributed by atoms with E-state index in [1.807, 2.05) is 29.7 Å². The van der Waals surface area contributed by atoms with Crippen molar-refractivity contribution in [1.82, 2.24) is 19.4 Å². The molecule has 41 heavy (non-hydrogen) atoms. The van der Waals surface area contributed by atoms with Crippen molar-refractivity contribution in [2.75, 3.05) is 30.8 Å². The zero-order chi connectivity index (χ0) is 28.9. The molecule has 0 saturated carbocycles. The number of halogens is 2. The van der Waals surface area contributed by atoms with Crippen molar-refractivity contribution >= 4 is 44.4 Å². The molecule has 0 amide bonds. The summed E-state index contributed by atoms with van der Waals surface area (Å²) in [5.74, 6) is -1.03. The van der Waals surface area contributed by atoms with Crippen LogP contribution >= 0.6 is 11.8 Å². The largest absolute Gasteiger partial charge is 0.481 e. The molecule has 1 aromatic carbocycles. The Labute approximate surface area is 243 Å². The lowest BCUT2D eigenvalue weighted by Gasteiger charge is -2.49. The van der Waals surface area contributed by atoms with E-state index in [9.17, 15) is 13.6 Å². The van der Waals surface area contributed by atoms with Crippen molar-refractivity contribution in [2.45, 2.75) is 48.4 Å². The number of pyridine rings is 3. The van der Waals surface area contributed by atoms with Gasteiger partial charge in [-0.25, -0.2) is 18.7 Å². The first kappa shape index (κ1) is 27.7. The summed E-state index contributed by atoms with van der Waals surface area (Å²) >= 11 is 1.56. The first-order chi connectivity index (χ1) is 19.7. The van der Waals surface area contributed by atoms with Crippen molar-refractivity contribution < 1.29 is 13.5 Å². The SMILES string of the molecule is COc1cc(CN(Cc2c3n(c4cc(F)c(F)cc4c2=O)C(C)S3)[C@]2([Si])CCCN(c3ccc(N)nc3)C2)ccn1. The number of methoxy groups -OCH3 is 1. The van der Waals surface area contributed by atoms with Gasteiger partial charge in [-0.3, -0.25) is 9.69 Å². The van der Waals surface area contributed by atoms with E-state index in [0.717, 1.165) is 47.8 Å². The van der Waals surface area contributed by atoms with Gasteiger partial charge in [0.25, 0.3) is 0 Å². The van der Waals surface area contributed by atoms with Gasteiger partial charge in [-0.05, 0) is 49.6 Å². The zero-order valence-corrected chi connectivity index (χ0v) is 24.5. The lowest BCUT2D eigenvalue weighted by atomic mass is 10.00. The van der Waals surface area contributed by atoms with Crippen molar-refractivity contribution in [3.05, 3.63) is 81.8 Å². The smallest absolute Gasteiger partial charge is 0.213 e. The minimum Gasteiger partial charge on any atom is -0.481 e. The fraction of sp³-hybridized carbons (Fsp3) is 0.345. The minimum atomic E-state index is -1.03. The summed E-state index contributed by atoms with van der Waals surface area (Å²) in [6, 6.07) is 9.71. The molecule has 0 aliphatic carbocycles. The molecule has 2 N–H and O–H groups in total. The van der Waals surface area contributed by atoms with Crippen molar-refractivity contribution in [3.8, 4) is 5.88 Å². The number of nitrogen functional groups attached to an aromatic ring is 1. The third-order valence-corrected chi connectivity index (χ3v) is 9.83.